The SMILES string of the molecule is CCCCCNC(=O)C(c1ccccc1O)N(C(=O)C(CO)NC(=O)OC(C)(C)C)C(C)(C)C. The lowest BCUT2D eigenvalue weighted by Crippen LogP contribution is -2.59. The Morgan fingerprint density at radius 3 is 2.18 bits per heavy atom. The first kappa shape index (κ1) is 29.2. The van der Waals surface area contributed by atoms with Crippen molar-refractivity contribution in [2.24, 2.45) is 0 Å². The van der Waals surface area contributed by atoms with Gasteiger partial charge in [-0.05, 0) is 54.0 Å². The second-order valence-corrected chi connectivity index (χ2v) is 10.2. The number of aliphatic hydroxyl groups is 1. The van der Waals surface area contributed by atoms with Crippen LogP contribution in [0, 0.1) is 0 Å². The van der Waals surface area contributed by atoms with Crippen LogP contribution >= 0.6 is 0 Å². The summed E-state index contributed by atoms with van der Waals surface area (Å²) in [6, 6.07) is 3.77. The minimum atomic E-state index is -1.35. The number of carbonyl (C=O) groups is 3. The third-order valence-electron chi connectivity index (χ3n) is 4.95. The van der Waals surface area contributed by atoms with E-state index in [-0.39, 0.29) is 11.3 Å². The van der Waals surface area contributed by atoms with E-state index in [9.17, 15) is 24.6 Å². The zero-order chi connectivity index (χ0) is 26.1. The number of nitrogens with one attached hydrogen (secondary N) is 2. The Bertz CT molecular complexity index is 829. The van der Waals surface area contributed by atoms with Gasteiger partial charge >= 0.3 is 6.09 Å². The van der Waals surface area contributed by atoms with Crippen molar-refractivity contribution in [2.45, 2.75) is 91.0 Å². The van der Waals surface area contributed by atoms with Crippen molar-refractivity contribution in [3.8, 4) is 5.75 Å². The maximum absolute atomic E-state index is 13.7. The maximum atomic E-state index is 13.7. The minimum Gasteiger partial charge on any atom is -0.508 e. The number of phenols is 1. The summed E-state index contributed by atoms with van der Waals surface area (Å²) in [6.45, 7) is 12.0. The number of alkyl carbamates (subject to hydrolysis) is 1. The molecule has 34 heavy (non-hydrogen) atoms. The molecule has 1 rings (SSSR count). The summed E-state index contributed by atoms with van der Waals surface area (Å²) in [7, 11) is 0. The quantitative estimate of drug-likeness (QED) is 0.381. The first-order chi connectivity index (χ1) is 15.7. The number of ether oxygens (including phenoxy) is 1. The van der Waals surface area contributed by atoms with Gasteiger partial charge in [-0.2, -0.15) is 0 Å². The average Bonchev–Trinajstić information content (AvgIpc) is 2.71. The average molecular weight is 480 g/mol. The maximum Gasteiger partial charge on any atom is 0.408 e. The molecular weight excluding hydrogens is 438 g/mol. The van der Waals surface area contributed by atoms with Crippen molar-refractivity contribution in [2.75, 3.05) is 13.2 Å². The van der Waals surface area contributed by atoms with Crippen molar-refractivity contribution >= 4 is 17.9 Å². The van der Waals surface area contributed by atoms with Crippen LogP contribution in [0.15, 0.2) is 24.3 Å². The van der Waals surface area contributed by atoms with Gasteiger partial charge in [0.25, 0.3) is 0 Å². The Balaban J connectivity index is 3.39. The molecule has 0 aliphatic carbocycles. The summed E-state index contributed by atoms with van der Waals surface area (Å²) in [5.41, 5.74) is -1.46. The Kier molecular flexibility index (Phi) is 10.8. The molecule has 1 aromatic carbocycles. The van der Waals surface area contributed by atoms with Gasteiger partial charge in [0, 0.05) is 17.6 Å². The van der Waals surface area contributed by atoms with E-state index in [1.165, 1.54) is 11.0 Å². The van der Waals surface area contributed by atoms with E-state index in [4.69, 9.17) is 4.74 Å². The molecule has 0 spiro atoms. The van der Waals surface area contributed by atoms with Crippen molar-refractivity contribution in [1.29, 1.82) is 0 Å². The summed E-state index contributed by atoms with van der Waals surface area (Å²) < 4.78 is 5.22. The van der Waals surface area contributed by atoms with Crippen LogP contribution in [0.5, 0.6) is 5.75 Å². The molecule has 192 valence electrons. The highest BCUT2D eigenvalue weighted by Gasteiger charge is 2.42. The third-order valence-corrected chi connectivity index (χ3v) is 4.95. The van der Waals surface area contributed by atoms with Crippen LogP contribution in [0.3, 0.4) is 0 Å². The predicted octanol–water partition coefficient (Wildman–Crippen LogP) is 3.25. The van der Waals surface area contributed by atoms with Crippen LogP contribution in [0.1, 0.15) is 79.3 Å². The third kappa shape index (κ3) is 8.85. The molecule has 9 nitrogen and oxygen atoms in total. The molecule has 0 saturated heterocycles. The van der Waals surface area contributed by atoms with Crippen LogP contribution in [0.2, 0.25) is 0 Å². The van der Waals surface area contributed by atoms with E-state index < -0.39 is 47.7 Å². The number of unbranched alkanes of at least 4 members (excludes halogenated alkanes) is 2. The molecule has 0 radical (unpaired) electrons. The van der Waals surface area contributed by atoms with Crippen LogP contribution < -0.4 is 10.6 Å². The summed E-state index contributed by atoms with van der Waals surface area (Å²) in [4.78, 5) is 40.6. The van der Waals surface area contributed by atoms with Gasteiger partial charge in [0.2, 0.25) is 11.8 Å². The molecule has 0 aliphatic heterocycles. The Morgan fingerprint density at radius 2 is 1.68 bits per heavy atom. The fourth-order valence-electron chi connectivity index (χ4n) is 3.45. The number of benzene rings is 1. The highest BCUT2D eigenvalue weighted by molar-refractivity contribution is 5.93. The first-order valence-electron chi connectivity index (χ1n) is 11.7. The summed E-state index contributed by atoms with van der Waals surface area (Å²) in [5, 5.41) is 25.7. The molecule has 0 heterocycles. The summed E-state index contributed by atoms with van der Waals surface area (Å²) >= 11 is 0. The lowest BCUT2D eigenvalue weighted by molar-refractivity contribution is -0.149. The second-order valence-electron chi connectivity index (χ2n) is 10.2. The summed E-state index contributed by atoms with van der Waals surface area (Å²) in [5.74, 6) is -1.29. The van der Waals surface area contributed by atoms with E-state index in [1.807, 2.05) is 0 Å². The number of amides is 3. The number of para-hydroxylation sites is 1. The molecule has 1 aromatic rings. The van der Waals surface area contributed by atoms with Gasteiger partial charge in [-0.3, -0.25) is 9.59 Å². The number of rotatable bonds is 10. The molecule has 4 N–H and O–H groups in total. The van der Waals surface area contributed by atoms with Gasteiger partial charge in [0.1, 0.15) is 23.4 Å². The number of hydrogen-bond donors (Lipinski definition) is 4. The number of phenolic OH excluding ortho intramolecular Hbond substituents is 1. The molecule has 2 unspecified atom stereocenters. The fraction of sp³-hybridized carbons (Fsp3) is 0.640. The van der Waals surface area contributed by atoms with Gasteiger partial charge in [0.15, 0.2) is 0 Å². The van der Waals surface area contributed by atoms with Gasteiger partial charge < -0.3 is 30.5 Å². The molecule has 9 heteroatoms. The number of aliphatic hydroxyl groups excluding tert-OH is 1. The largest absolute Gasteiger partial charge is 0.508 e. The topological polar surface area (TPSA) is 128 Å². The lowest BCUT2D eigenvalue weighted by atomic mass is 9.95. The molecule has 2 atom stereocenters. The molecule has 3 amide bonds. The number of aromatic hydroxyl groups is 1. The Labute approximate surface area is 202 Å². The van der Waals surface area contributed by atoms with Crippen LogP contribution in [0.4, 0.5) is 4.79 Å². The highest BCUT2D eigenvalue weighted by Crippen LogP contribution is 2.34. The standard InChI is InChI=1S/C25H41N3O6/c1-8-9-12-15-26-21(31)20(17-13-10-11-14-19(17)30)28(24(2,3)4)22(32)18(16-29)27-23(33)34-25(5,6)7/h10-11,13-14,18,20,29-30H,8-9,12,15-16H2,1-7H3,(H,26,31)(H,27,33). The predicted molar refractivity (Wildman–Crippen MR) is 130 cm³/mol. The van der Waals surface area contributed by atoms with Crippen molar-refractivity contribution in [3.05, 3.63) is 29.8 Å². The number of hydrogen-bond acceptors (Lipinski definition) is 6. The molecule has 0 saturated carbocycles. The molecule has 0 bridgehead atoms. The number of carbonyl (C=O) groups excluding carboxylic acids is 3. The smallest absolute Gasteiger partial charge is 0.408 e. The first-order valence-corrected chi connectivity index (χ1v) is 11.7. The molecule has 0 aromatic heterocycles. The van der Waals surface area contributed by atoms with E-state index in [2.05, 4.69) is 17.6 Å². The van der Waals surface area contributed by atoms with Crippen molar-refractivity contribution in [1.82, 2.24) is 15.5 Å². The Hall–Kier alpha value is -2.81. The monoisotopic (exact) mass is 479 g/mol. The van der Waals surface area contributed by atoms with E-state index in [0.717, 1.165) is 19.3 Å². The van der Waals surface area contributed by atoms with Crippen molar-refractivity contribution < 1.29 is 29.3 Å². The molecule has 0 fully saturated rings. The van der Waals surface area contributed by atoms with E-state index in [0.29, 0.717) is 6.54 Å². The molecule has 0 aliphatic rings. The fourth-order valence-corrected chi connectivity index (χ4v) is 3.45. The van der Waals surface area contributed by atoms with Gasteiger partial charge in [-0.15, -0.1) is 0 Å². The van der Waals surface area contributed by atoms with E-state index >= 15 is 0 Å². The minimum absolute atomic E-state index is 0.140. The highest BCUT2D eigenvalue weighted by atomic mass is 16.6. The molecular formula is C25H41N3O6. The zero-order valence-electron chi connectivity index (χ0n) is 21.5. The second kappa shape index (κ2) is 12.6. The van der Waals surface area contributed by atoms with Gasteiger partial charge in [-0.1, -0.05) is 38.0 Å². The van der Waals surface area contributed by atoms with Gasteiger partial charge in [0.05, 0.1) is 6.61 Å². The van der Waals surface area contributed by atoms with E-state index in [1.54, 1.807) is 59.7 Å². The lowest BCUT2D eigenvalue weighted by Gasteiger charge is -2.42. The summed E-state index contributed by atoms with van der Waals surface area (Å²) in [6.07, 6.45) is 1.84. The van der Waals surface area contributed by atoms with Crippen LogP contribution in [-0.2, 0) is 14.3 Å². The zero-order valence-corrected chi connectivity index (χ0v) is 21.5. The van der Waals surface area contributed by atoms with Gasteiger partial charge in [-0.25, -0.2) is 4.79 Å². The normalized spacial score (nSPS) is 13.5. The van der Waals surface area contributed by atoms with Crippen LogP contribution in [-0.4, -0.2) is 63.4 Å². The van der Waals surface area contributed by atoms with Crippen molar-refractivity contribution in [3.63, 3.8) is 0 Å². The Morgan fingerprint density at radius 1 is 1.06 bits per heavy atom. The van der Waals surface area contributed by atoms with Crippen LogP contribution in [0.25, 0.3) is 0 Å². The number of nitrogens with zero attached hydrogens (tertiary/aromatic N) is 1.